The zero-order valence-corrected chi connectivity index (χ0v) is 9.30. The Morgan fingerprint density at radius 2 is 1.93 bits per heavy atom. The van der Waals surface area contributed by atoms with Gasteiger partial charge in [0.2, 0.25) is 0 Å². The molecule has 3 heteroatoms. The fraction of sp³-hybridized carbons (Fsp3) is 0.917. The molecule has 0 aromatic heterocycles. The van der Waals surface area contributed by atoms with E-state index in [0.717, 1.165) is 32.1 Å². The van der Waals surface area contributed by atoms with E-state index in [1.165, 1.54) is 6.92 Å². The largest absolute Gasteiger partial charge is 0.462 e. The molecule has 2 atom stereocenters. The molecule has 0 aromatic carbocycles. The van der Waals surface area contributed by atoms with E-state index in [2.05, 4.69) is 0 Å². The van der Waals surface area contributed by atoms with E-state index >= 15 is 0 Å². The summed E-state index contributed by atoms with van der Waals surface area (Å²) in [6.45, 7) is 1.41. The number of halogens is 1. The quantitative estimate of drug-likeness (QED) is 0.660. The second-order valence-corrected chi connectivity index (χ2v) is 4.93. The molecule has 2 fully saturated rings. The highest BCUT2D eigenvalue weighted by atomic mass is 19.1. The molecule has 2 aliphatic rings. The average Bonchev–Trinajstić information content (AvgIpc) is 2.73. The van der Waals surface area contributed by atoms with Crippen molar-refractivity contribution in [1.29, 1.82) is 0 Å². The first-order valence-electron chi connectivity index (χ1n) is 5.98. The second-order valence-electron chi connectivity index (χ2n) is 4.93. The smallest absolute Gasteiger partial charge is 0.302 e. The molecule has 0 amide bonds. The summed E-state index contributed by atoms with van der Waals surface area (Å²) in [5, 5.41) is 0. The monoisotopic (exact) mass is 214 g/mol. The van der Waals surface area contributed by atoms with Crippen molar-refractivity contribution in [3.05, 3.63) is 0 Å². The van der Waals surface area contributed by atoms with Gasteiger partial charge in [-0.25, -0.2) is 4.39 Å². The molecule has 0 aliphatic heterocycles. The van der Waals surface area contributed by atoms with Gasteiger partial charge in [-0.15, -0.1) is 0 Å². The molecule has 0 aromatic rings. The molecule has 0 saturated heterocycles. The number of carbonyl (C=O) groups excluding carboxylic acids is 1. The van der Waals surface area contributed by atoms with E-state index in [1.54, 1.807) is 0 Å². The second kappa shape index (κ2) is 4.11. The number of ether oxygens (including phenoxy) is 1. The summed E-state index contributed by atoms with van der Waals surface area (Å²) < 4.78 is 19.7. The van der Waals surface area contributed by atoms with E-state index < -0.39 is 5.67 Å². The Balaban J connectivity index is 2.03. The van der Waals surface area contributed by atoms with Crippen LogP contribution in [-0.2, 0) is 9.53 Å². The Bertz CT molecular complexity index is 246. The zero-order valence-electron chi connectivity index (χ0n) is 9.30. The van der Waals surface area contributed by atoms with Crippen molar-refractivity contribution in [3.63, 3.8) is 0 Å². The summed E-state index contributed by atoms with van der Waals surface area (Å²) in [7, 11) is 0. The van der Waals surface area contributed by atoms with E-state index in [4.69, 9.17) is 4.74 Å². The number of rotatable bonds is 2. The molecule has 86 valence electrons. The molecule has 0 unspecified atom stereocenters. The van der Waals surface area contributed by atoms with E-state index in [9.17, 15) is 9.18 Å². The Labute approximate surface area is 90.2 Å². The van der Waals surface area contributed by atoms with Gasteiger partial charge in [0.15, 0.2) is 0 Å². The number of esters is 1. The standard InChI is InChI=1S/C12H19FO2/c1-9(14)15-11-6-4-5-10(11)12(13)7-2-3-8-12/h10-11H,2-8H2,1H3/t10-,11-/m0/s1. The summed E-state index contributed by atoms with van der Waals surface area (Å²) in [5.74, 6) is -0.308. The van der Waals surface area contributed by atoms with Crippen molar-refractivity contribution >= 4 is 5.97 Å². The summed E-state index contributed by atoms with van der Waals surface area (Å²) in [6, 6.07) is 0. The van der Waals surface area contributed by atoms with Gasteiger partial charge in [0.1, 0.15) is 11.8 Å². The van der Waals surface area contributed by atoms with Crippen molar-refractivity contribution in [2.75, 3.05) is 0 Å². The lowest BCUT2D eigenvalue weighted by molar-refractivity contribution is -0.150. The number of alkyl halides is 1. The minimum Gasteiger partial charge on any atom is -0.462 e. The number of hydrogen-bond acceptors (Lipinski definition) is 2. The lowest BCUT2D eigenvalue weighted by Crippen LogP contribution is -2.37. The molecular formula is C12H19FO2. The lowest BCUT2D eigenvalue weighted by Gasteiger charge is -2.31. The molecule has 2 rings (SSSR count). The maximum absolute atomic E-state index is 14.5. The summed E-state index contributed by atoms with van der Waals surface area (Å²) in [5.41, 5.74) is -1.05. The van der Waals surface area contributed by atoms with Crippen LogP contribution in [0.25, 0.3) is 0 Å². The third kappa shape index (κ3) is 2.16. The van der Waals surface area contributed by atoms with Gasteiger partial charge >= 0.3 is 5.97 Å². The minimum atomic E-state index is -1.05. The molecule has 0 heterocycles. The highest BCUT2D eigenvalue weighted by molar-refractivity contribution is 5.66. The van der Waals surface area contributed by atoms with Gasteiger partial charge in [-0.3, -0.25) is 4.79 Å². The first-order valence-corrected chi connectivity index (χ1v) is 5.98. The SMILES string of the molecule is CC(=O)O[C@H]1CCC[C@@H]1C1(F)CCCC1. The highest BCUT2D eigenvalue weighted by Gasteiger charge is 2.48. The van der Waals surface area contributed by atoms with Gasteiger partial charge in [0, 0.05) is 12.8 Å². The summed E-state index contributed by atoms with van der Waals surface area (Å²) in [4.78, 5) is 10.9. The van der Waals surface area contributed by atoms with Gasteiger partial charge in [-0.1, -0.05) is 12.8 Å². The fourth-order valence-electron chi connectivity index (χ4n) is 3.21. The van der Waals surface area contributed by atoms with Crippen molar-refractivity contribution in [2.45, 2.75) is 63.6 Å². The Kier molecular flexibility index (Phi) is 2.98. The topological polar surface area (TPSA) is 26.3 Å². The van der Waals surface area contributed by atoms with Crippen LogP contribution in [0.5, 0.6) is 0 Å². The van der Waals surface area contributed by atoms with Crippen LogP contribution in [0.1, 0.15) is 51.9 Å². The molecule has 2 nitrogen and oxygen atoms in total. The van der Waals surface area contributed by atoms with E-state index in [-0.39, 0.29) is 18.0 Å². The first-order chi connectivity index (χ1) is 7.12. The van der Waals surface area contributed by atoms with Gasteiger partial charge in [-0.05, 0) is 32.1 Å². The lowest BCUT2D eigenvalue weighted by atomic mass is 9.85. The molecule has 0 spiro atoms. The molecular weight excluding hydrogens is 195 g/mol. The summed E-state index contributed by atoms with van der Waals surface area (Å²) >= 11 is 0. The first kappa shape index (κ1) is 10.9. The van der Waals surface area contributed by atoms with Crippen LogP contribution in [0.15, 0.2) is 0 Å². The van der Waals surface area contributed by atoms with E-state index in [0.29, 0.717) is 12.8 Å². The van der Waals surface area contributed by atoms with Gasteiger partial charge in [-0.2, -0.15) is 0 Å². The molecule has 0 bridgehead atoms. The highest BCUT2D eigenvalue weighted by Crippen LogP contribution is 2.47. The zero-order chi connectivity index (χ0) is 10.9. The predicted octanol–water partition coefficient (Wildman–Crippen LogP) is 3.00. The molecule has 15 heavy (non-hydrogen) atoms. The Hall–Kier alpha value is -0.600. The van der Waals surface area contributed by atoms with Crippen molar-refractivity contribution in [1.82, 2.24) is 0 Å². The Morgan fingerprint density at radius 1 is 1.27 bits per heavy atom. The van der Waals surface area contributed by atoms with Gasteiger partial charge in [0.25, 0.3) is 0 Å². The summed E-state index contributed by atoms with van der Waals surface area (Å²) in [6.07, 6.45) is 5.86. The maximum Gasteiger partial charge on any atom is 0.302 e. The van der Waals surface area contributed by atoms with Crippen LogP contribution in [0.4, 0.5) is 4.39 Å². The average molecular weight is 214 g/mol. The molecule has 2 saturated carbocycles. The maximum atomic E-state index is 14.5. The van der Waals surface area contributed by atoms with Crippen LogP contribution in [-0.4, -0.2) is 17.7 Å². The molecule has 0 radical (unpaired) electrons. The van der Waals surface area contributed by atoms with Crippen molar-refractivity contribution in [2.24, 2.45) is 5.92 Å². The molecule has 0 N–H and O–H groups in total. The van der Waals surface area contributed by atoms with Crippen LogP contribution in [0, 0.1) is 5.92 Å². The van der Waals surface area contributed by atoms with Crippen LogP contribution in [0.2, 0.25) is 0 Å². The third-order valence-electron chi connectivity index (χ3n) is 3.87. The van der Waals surface area contributed by atoms with Crippen LogP contribution >= 0.6 is 0 Å². The number of carbonyl (C=O) groups is 1. The fourth-order valence-corrected chi connectivity index (χ4v) is 3.21. The number of hydrogen-bond donors (Lipinski definition) is 0. The third-order valence-corrected chi connectivity index (χ3v) is 3.87. The normalized spacial score (nSPS) is 34.3. The van der Waals surface area contributed by atoms with Crippen molar-refractivity contribution < 1.29 is 13.9 Å². The van der Waals surface area contributed by atoms with Gasteiger partial charge in [0.05, 0.1) is 0 Å². The Morgan fingerprint density at radius 3 is 2.53 bits per heavy atom. The van der Waals surface area contributed by atoms with Crippen molar-refractivity contribution in [3.8, 4) is 0 Å². The minimum absolute atomic E-state index is 0.0381. The van der Waals surface area contributed by atoms with Gasteiger partial charge < -0.3 is 4.74 Å². The van der Waals surface area contributed by atoms with E-state index in [1.807, 2.05) is 0 Å². The van der Waals surface area contributed by atoms with Crippen LogP contribution in [0.3, 0.4) is 0 Å². The molecule has 2 aliphatic carbocycles. The van der Waals surface area contributed by atoms with Crippen LogP contribution < -0.4 is 0 Å². The predicted molar refractivity (Wildman–Crippen MR) is 55.2 cm³/mol.